The molecule has 1 aromatic rings. The van der Waals surface area contributed by atoms with Crippen molar-refractivity contribution in [1.29, 1.82) is 0 Å². The third-order valence-electron chi connectivity index (χ3n) is 2.10. The van der Waals surface area contributed by atoms with Crippen LogP contribution < -0.4 is 0 Å². The van der Waals surface area contributed by atoms with Crippen LogP contribution in [-0.2, 0) is 6.42 Å². The summed E-state index contributed by atoms with van der Waals surface area (Å²) in [5.74, 6) is 0. The average Bonchev–Trinajstić information content (AvgIpc) is 2.16. The van der Waals surface area contributed by atoms with Gasteiger partial charge in [0.05, 0.1) is 6.10 Å². The molecule has 0 saturated carbocycles. The van der Waals surface area contributed by atoms with E-state index in [1.165, 1.54) is 0 Å². The Morgan fingerprint density at radius 2 is 2.43 bits per heavy atom. The minimum absolute atomic E-state index is 0.282. The molecule has 2 heteroatoms. The van der Waals surface area contributed by atoms with E-state index in [9.17, 15) is 5.11 Å². The highest BCUT2D eigenvalue weighted by atomic mass is 16.3. The Morgan fingerprint density at radius 3 is 3.00 bits per heavy atom. The summed E-state index contributed by atoms with van der Waals surface area (Å²) in [5, 5.41) is 9.68. The molecule has 0 aromatic carbocycles. The third kappa shape index (κ3) is 4.19. The van der Waals surface area contributed by atoms with Crippen LogP contribution in [0.15, 0.2) is 36.7 Å². The van der Waals surface area contributed by atoms with Gasteiger partial charge < -0.3 is 5.11 Å². The summed E-state index contributed by atoms with van der Waals surface area (Å²) in [7, 11) is 0. The van der Waals surface area contributed by atoms with Crippen molar-refractivity contribution in [3.8, 4) is 0 Å². The largest absolute Gasteiger partial charge is 0.393 e. The smallest absolute Gasteiger partial charge is 0.0584 e. The Hall–Kier alpha value is -1.15. The van der Waals surface area contributed by atoms with Gasteiger partial charge in [-0.05, 0) is 37.8 Å². The monoisotopic (exact) mass is 191 g/mol. The molecule has 1 rings (SSSR count). The second kappa shape index (κ2) is 5.55. The van der Waals surface area contributed by atoms with Gasteiger partial charge in [-0.15, -0.1) is 6.58 Å². The van der Waals surface area contributed by atoms with E-state index in [0.29, 0.717) is 6.42 Å². The fourth-order valence-electron chi connectivity index (χ4n) is 1.31. The first kappa shape index (κ1) is 10.9. The third-order valence-corrected chi connectivity index (χ3v) is 2.10. The molecule has 14 heavy (non-hydrogen) atoms. The summed E-state index contributed by atoms with van der Waals surface area (Å²) < 4.78 is 0. The Kier molecular flexibility index (Phi) is 4.33. The Labute approximate surface area is 85.3 Å². The molecule has 0 aliphatic carbocycles. The zero-order chi connectivity index (χ0) is 10.4. The summed E-state index contributed by atoms with van der Waals surface area (Å²) in [6.45, 7) is 5.79. The van der Waals surface area contributed by atoms with Gasteiger partial charge in [-0.3, -0.25) is 4.98 Å². The molecule has 76 valence electrons. The molecule has 0 fully saturated rings. The number of aliphatic hydroxyl groups excluding tert-OH is 1. The predicted molar refractivity (Wildman–Crippen MR) is 58.0 cm³/mol. The van der Waals surface area contributed by atoms with E-state index in [1.807, 2.05) is 19.1 Å². The Morgan fingerprint density at radius 1 is 1.64 bits per heavy atom. The zero-order valence-electron chi connectivity index (χ0n) is 8.61. The molecule has 0 aliphatic heterocycles. The highest BCUT2D eigenvalue weighted by Gasteiger charge is 2.04. The van der Waals surface area contributed by atoms with Gasteiger partial charge in [0.15, 0.2) is 0 Å². The second-order valence-electron chi connectivity index (χ2n) is 3.72. The van der Waals surface area contributed by atoms with E-state index in [1.54, 1.807) is 12.4 Å². The van der Waals surface area contributed by atoms with Gasteiger partial charge in [0.1, 0.15) is 0 Å². The van der Waals surface area contributed by atoms with E-state index >= 15 is 0 Å². The average molecular weight is 191 g/mol. The maximum absolute atomic E-state index is 9.68. The van der Waals surface area contributed by atoms with Gasteiger partial charge in [0.2, 0.25) is 0 Å². The number of nitrogens with zero attached hydrogens (tertiary/aromatic N) is 1. The number of allylic oxidation sites excluding steroid dienone is 1. The van der Waals surface area contributed by atoms with Crippen molar-refractivity contribution in [3.05, 3.63) is 42.2 Å². The standard InChI is InChI=1S/C12H17NO/c1-10(2)5-6-12(14)8-11-4-3-7-13-9-11/h3-4,7,9,12,14H,1,5-6,8H2,2H3. The molecule has 0 spiro atoms. The lowest BCUT2D eigenvalue weighted by Crippen LogP contribution is -2.10. The molecular formula is C12H17NO. The van der Waals surface area contributed by atoms with Crippen molar-refractivity contribution >= 4 is 0 Å². The van der Waals surface area contributed by atoms with Gasteiger partial charge in [-0.1, -0.05) is 11.6 Å². The molecule has 0 aliphatic rings. The van der Waals surface area contributed by atoms with Crippen molar-refractivity contribution in [2.75, 3.05) is 0 Å². The van der Waals surface area contributed by atoms with Crippen LogP contribution in [0.25, 0.3) is 0 Å². The van der Waals surface area contributed by atoms with Gasteiger partial charge in [0, 0.05) is 12.4 Å². The first-order chi connectivity index (χ1) is 6.68. The molecular weight excluding hydrogens is 174 g/mol. The molecule has 0 saturated heterocycles. The van der Waals surface area contributed by atoms with Crippen LogP contribution in [0, 0.1) is 0 Å². The summed E-state index contributed by atoms with van der Waals surface area (Å²) in [4.78, 5) is 4.00. The van der Waals surface area contributed by atoms with E-state index in [2.05, 4.69) is 11.6 Å². The predicted octanol–water partition coefficient (Wildman–Crippen LogP) is 2.34. The minimum Gasteiger partial charge on any atom is -0.393 e. The number of hydrogen-bond donors (Lipinski definition) is 1. The SMILES string of the molecule is C=C(C)CCC(O)Cc1cccnc1. The molecule has 1 aromatic heterocycles. The van der Waals surface area contributed by atoms with Crippen molar-refractivity contribution in [1.82, 2.24) is 4.98 Å². The summed E-state index contributed by atoms with van der Waals surface area (Å²) >= 11 is 0. The van der Waals surface area contributed by atoms with E-state index < -0.39 is 0 Å². The lowest BCUT2D eigenvalue weighted by atomic mass is 10.0. The summed E-state index contributed by atoms with van der Waals surface area (Å²) in [6.07, 6.45) is 5.61. The van der Waals surface area contributed by atoms with Crippen LogP contribution in [0.4, 0.5) is 0 Å². The number of rotatable bonds is 5. The minimum atomic E-state index is -0.282. The summed E-state index contributed by atoms with van der Waals surface area (Å²) in [5.41, 5.74) is 2.21. The number of aromatic nitrogens is 1. The lowest BCUT2D eigenvalue weighted by Gasteiger charge is -2.09. The molecule has 0 amide bonds. The summed E-state index contributed by atoms with van der Waals surface area (Å²) in [6, 6.07) is 3.87. The van der Waals surface area contributed by atoms with Crippen LogP contribution in [-0.4, -0.2) is 16.2 Å². The topological polar surface area (TPSA) is 33.1 Å². The molecule has 1 atom stereocenters. The Bertz CT molecular complexity index is 282. The van der Waals surface area contributed by atoms with Crippen molar-refractivity contribution in [2.45, 2.75) is 32.3 Å². The molecule has 0 radical (unpaired) electrons. The van der Waals surface area contributed by atoms with E-state index in [-0.39, 0.29) is 6.10 Å². The molecule has 1 heterocycles. The lowest BCUT2D eigenvalue weighted by molar-refractivity contribution is 0.165. The van der Waals surface area contributed by atoms with Crippen molar-refractivity contribution in [2.24, 2.45) is 0 Å². The fourth-order valence-corrected chi connectivity index (χ4v) is 1.31. The van der Waals surface area contributed by atoms with Gasteiger partial charge in [0.25, 0.3) is 0 Å². The normalized spacial score (nSPS) is 12.4. The van der Waals surface area contributed by atoms with Crippen LogP contribution in [0.3, 0.4) is 0 Å². The van der Waals surface area contributed by atoms with Gasteiger partial charge >= 0.3 is 0 Å². The fraction of sp³-hybridized carbons (Fsp3) is 0.417. The quantitative estimate of drug-likeness (QED) is 0.725. The maximum Gasteiger partial charge on any atom is 0.0584 e. The van der Waals surface area contributed by atoms with Gasteiger partial charge in [-0.2, -0.15) is 0 Å². The van der Waals surface area contributed by atoms with E-state index in [0.717, 1.165) is 24.0 Å². The maximum atomic E-state index is 9.68. The first-order valence-electron chi connectivity index (χ1n) is 4.90. The molecule has 0 bridgehead atoms. The Balaban J connectivity index is 2.34. The van der Waals surface area contributed by atoms with Crippen molar-refractivity contribution < 1.29 is 5.11 Å². The molecule has 1 N–H and O–H groups in total. The van der Waals surface area contributed by atoms with Crippen LogP contribution >= 0.6 is 0 Å². The van der Waals surface area contributed by atoms with Crippen molar-refractivity contribution in [3.63, 3.8) is 0 Å². The van der Waals surface area contributed by atoms with Gasteiger partial charge in [-0.25, -0.2) is 0 Å². The second-order valence-corrected chi connectivity index (χ2v) is 3.72. The molecule has 2 nitrogen and oxygen atoms in total. The number of aliphatic hydroxyl groups is 1. The number of pyridine rings is 1. The first-order valence-corrected chi connectivity index (χ1v) is 4.90. The zero-order valence-corrected chi connectivity index (χ0v) is 8.61. The number of hydrogen-bond acceptors (Lipinski definition) is 2. The highest BCUT2D eigenvalue weighted by Crippen LogP contribution is 2.09. The highest BCUT2D eigenvalue weighted by molar-refractivity contribution is 5.09. The van der Waals surface area contributed by atoms with E-state index in [4.69, 9.17) is 0 Å². The van der Waals surface area contributed by atoms with Crippen LogP contribution in [0.1, 0.15) is 25.3 Å². The van der Waals surface area contributed by atoms with Crippen LogP contribution in [0.2, 0.25) is 0 Å². The molecule has 1 unspecified atom stereocenters. The van der Waals surface area contributed by atoms with Crippen LogP contribution in [0.5, 0.6) is 0 Å².